The molecule has 1 rings (SSSR count). The van der Waals surface area contributed by atoms with Gasteiger partial charge in [-0.3, -0.25) is 14.9 Å². The molecule has 0 aliphatic carbocycles. The zero-order valence-corrected chi connectivity index (χ0v) is 10.9. The molecule has 1 unspecified atom stereocenters. The topological polar surface area (TPSA) is 101 Å². The maximum absolute atomic E-state index is 13.3. The Balaban J connectivity index is 3.14. The predicted molar refractivity (Wildman–Crippen MR) is 66.9 cm³/mol. The van der Waals surface area contributed by atoms with Gasteiger partial charge >= 0.3 is 5.97 Å². The van der Waals surface area contributed by atoms with Gasteiger partial charge in [-0.25, -0.2) is 9.18 Å². The highest BCUT2D eigenvalue weighted by Crippen LogP contribution is 2.18. The number of benzene rings is 1. The van der Waals surface area contributed by atoms with Crippen LogP contribution in [0.3, 0.4) is 0 Å². The van der Waals surface area contributed by atoms with E-state index in [1.807, 2.05) is 0 Å². The Hall–Kier alpha value is -2.51. The SMILES string of the molecule is CCC(C(=O)O)N(C)C(=O)c1cc(F)cc([N+](=O)[O-])c1. The second-order valence-electron chi connectivity index (χ2n) is 4.13. The van der Waals surface area contributed by atoms with Gasteiger partial charge in [0.2, 0.25) is 0 Å². The van der Waals surface area contributed by atoms with Crippen molar-refractivity contribution in [3.05, 3.63) is 39.7 Å². The molecule has 0 aliphatic heterocycles. The number of likely N-dealkylation sites (N-methyl/N-ethyl adjacent to an activating group) is 1. The fourth-order valence-electron chi connectivity index (χ4n) is 1.76. The van der Waals surface area contributed by atoms with Gasteiger partial charge in [0.15, 0.2) is 0 Å². The molecule has 0 aliphatic rings. The van der Waals surface area contributed by atoms with Gasteiger partial charge in [0, 0.05) is 18.7 Å². The van der Waals surface area contributed by atoms with Crippen molar-refractivity contribution in [1.29, 1.82) is 0 Å². The zero-order chi connectivity index (χ0) is 15.4. The molecule has 20 heavy (non-hydrogen) atoms. The summed E-state index contributed by atoms with van der Waals surface area (Å²) in [6.45, 7) is 1.58. The summed E-state index contributed by atoms with van der Waals surface area (Å²) in [7, 11) is 1.25. The summed E-state index contributed by atoms with van der Waals surface area (Å²) in [5.74, 6) is -2.92. The second kappa shape index (κ2) is 6.09. The van der Waals surface area contributed by atoms with E-state index in [1.54, 1.807) is 6.92 Å². The number of non-ortho nitro benzene ring substituents is 1. The summed E-state index contributed by atoms with van der Waals surface area (Å²) >= 11 is 0. The molecule has 0 saturated heterocycles. The standard InChI is InChI=1S/C12H13FN2O5/c1-3-10(12(17)18)14(2)11(16)7-4-8(13)6-9(5-7)15(19)20/h4-6,10H,3H2,1-2H3,(H,17,18). The highest BCUT2D eigenvalue weighted by atomic mass is 19.1. The van der Waals surface area contributed by atoms with Crippen LogP contribution in [-0.2, 0) is 4.79 Å². The summed E-state index contributed by atoms with van der Waals surface area (Å²) in [5.41, 5.74) is -0.830. The van der Waals surface area contributed by atoms with E-state index in [2.05, 4.69) is 0 Å². The van der Waals surface area contributed by atoms with Crippen LogP contribution in [0.15, 0.2) is 18.2 Å². The molecule has 0 heterocycles. The highest BCUT2D eigenvalue weighted by molar-refractivity contribution is 5.97. The summed E-state index contributed by atoms with van der Waals surface area (Å²) in [5, 5.41) is 19.6. The lowest BCUT2D eigenvalue weighted by Gasteiger charge is -2.23. The Morgan fingerprint density at radius 3 is 2.50 bits per heavy atom. The van der Waals surface area contributed by atoms with Crippen LogP contribution in [0.2, 0.25) is 0 Å². The van der Waals surface area contributed by atoms with E-state index >= 15 is 0 Å². The highest BCUT2D eigenvalue weighted by Gasteiger charge is 2.26. The largest absolute Gasteiger partial charge is 0.480 e. The third-order valence-electron chi connectivity index (χ3n) is 2.80. The minimum Gasteiger partial charge on any atom is -0.480 e. The first kappa shape index (κ1) is 15.5. The lowest BCUT2D eigenvalue weighted by Crippen LogP contribution is -2.42. The minimum atomic E-state index is -1.20. The summed E-state index contributed by atoms with van der Waals surface area (Å²) in [6.07, 6.45) is 0.162. The number of carbonyl (C=O) groups is 2. The fraction of sp³-hybridized carbons (Fsp3) is 0.333. The maximum atomic E-state index is 13.3. The third-order valence-corrected chi connectivity index (χ3v) is 2.80. The van der Waals surface area contributed by atoms with E-state index in [1.165, 1.54) is 7.05 Å². The van der Waals surface area contributed by atoms with Crippen LogP contribution in [0.5, 0.6) is 0 Å². The Labute approximate surface area is 113 Å². The van der Waals surface area contributed by atoms with Crippen molar-refractivity contribution in [2.75, 3.05) is 7.05 Å². The Morgan fingerprint density at radius 2 is 2.05 bits per heavy atom. The lowest BCUT2D eigenvalue weighted by molar-refractivity contribution is -0.385. The average Bonchev–Trinajstić information content (AvgIpc) is 2.37. The van der Waals surface area contributed by atoms with E-state index < -0.39 is 34.3 Å². The number of aliphatic carboxylic acids is 1. The lowest BCUT2D eigenvalue weighted by atomic mass is 10.1. The monoisotopic (exact) mass is 284 g/mol. The molecule has 1 aromatic rings. The van der Waals surface area contributed by atoms with Crippen LogP contribution >= 0.6 is 0 Å². The van der Waals surface area contributed by atoms with Crippen molar-refractivity contribution >= 4 is 17.6 Å². The van der Waals surface area contributed by atoms with Gasteiger partial charge < -0.3 is 10.0 Å². The van der Waals surface area contributed by atoms with Gasteiger partial charge in [0.25, 0.3) is 11.6 Å². The van der Waals surface area contributed by atoms with Crippen LogP contribution in [0, 0.1) is 15.9 Å². The number of nitrogens with zero attached hydrogens (tertiary/aromatic N) is 2. The number of carboxylic acid groups (broad SMARTS) is 1. The normalized spacial score (nSPS) is 11.8. The molecule has 8 heteroatoms. The van der Waals surface area contributed by atoms with Crippen molar-refractivity contribution < 1.29 is 24.0 Å². The van der Waals surface area contributed by atoms with E-state index in [4.69, 9.17) is 5.11 Å². The number of hydrogen-bond acceptors (Lipinski definition) is 4. The molecular formula is C12H13FN2O5. The molecule has 0 bridgehead atoms. The number of rotatable bonds is 5. The molecule has 0 spiro atoms. The van der Waals surface area contributed by atoms with Crippen LogP contribution in [0.4, 0.5) is 10.1 Å². The van der Waals surface area contributed by atoms with Crippen LogP contribution < -0.4 is 0 Å². The number of halogens is 1. The molecule has 0 saturated carbocycles. The van der Waals surface area contributed by atoms with E-state index in [9.17, 15) is 24.1 Å². The molecule has 1 aromatic carbocycles. The van der Waals surface area contributed by atoms with E-state index in [0.29, 0.717) is 6.07 Å². The third kappa shape index (κ3) is 3.28. The number of hydrogen-bond donors (Lipinski definition) is 1. The van der Waals surface area contributed by atoms with Crippen molar-refractivity contribution in [1.82, 2.24) is 4.90 Å². The molecule has 0 radical (unpaired) electrons. The van der Waals surface area contributed by atoms with Gasteiger partial charge in [-0.05, 0) is 12.5 Å². The van der Waals surface area contributed by atoms with Crippen LogP contribution in [-0.4, -0.2) is 39.9 Å². The summed E-state index contributed by atoms with van der Waals surface area (Å²) in [6, 6.07) is 1.35. The molecule has 7 nitrogen and oxygen atoms in total. The maximum Gasteiger partial charge on any atom is 0.326 e. The van der Waals surface area contributed by atoms with Crippen molar-refractivity contribution in [3.8, 4) is 0 Å². The Bertz CT molecular complexity index is 561. The number of amides is 1. The van der Waals surface area contributed by atoms with Crippen molar-refractivity contribution in [2.24, 2.45) is 0 Å². The van der Waals surface area contributed by atoms with Gasteiger partial charge in [0.1, 0.15) is 11.9 Å². The quantitative estimate of drug-likeness (QED) is 0.654. The molecule has 0 fully saturated rings. The molecule has 1 atom stereocenters. The number of carbonyl (C=O) groups excluding carboxylic acids is 1. The first-order chi connectivity index (χ1) is 9.27. The molecule has 1 N–H and O–H groups in total. The molecule has 0 aromatic heterocycles. The number of nitro benzene ring substituents is 1. The van der Waals surface area contributed by atoms with Crippen LogP contribution in [0.25, 0.3) is 0 Å². The summed E-state index contributed by atoms with van der Waals surface area (Å²) in [4.78, 5) is 33.7. The molecule has 1 amide bonds. The van der Waals surface area contributed by atoms with Crippen molar-refractivity contribution in [3.63, 3.8) is 0 Å². The van der Waals surface area contributed by atoms with Crippen LogP contribution in [0.1, 0.15) is 23.7 Å². The second-order valence-corrected chi connectivity index (χ2v) is 4.13. The molecule has 108 valence electrons. The Morgan fingerprint density at radius 1 is 1.45 bits per heavy atom. The zero-order valence-electron chi connectivity index (χ0n) is 10.9. The van der Waals surface area contributed by atoms with E-state index in [0.717, 1.165) is 17.0 Å². The van der Waals surface area contributed by atoms with Gasteiger partial charge in [-0.15, -0.1) is 0 Å². The number of carboxylic acids is 1. The van der Waals surface area contributed by atoms with Gasteiger partial charge in [-0.2, -0.15) is 0 Å². The fourth-order valence-corrected chi connectivity index (χ4v) is 1.76. The van der Waals surface area contributed by atoms with Crippen molar-refractivity contribution in [2.45, 2.75) is 19.4 Å². The average molecular weight is 284 g/mol. The smallest absolute Gasteiger partial charge is 0.326 e. The summed E-state index contributed by atoms with van der Waals surface area (Å²) < 4.78 is 13.3. The van der Waals surface area contributed by atoms with E-state index in [-0.39, 0.29) is 12.0 Å². The number of nitro groups is 1. The minimum absolute atomic E-state index is 0.162. The first-order valence-corrected chi connectivity index (χ1v) is 5.72. The first-order valence-electron chi connectivity index (χ1n) is 5.72. The Kier molecular flexibility index (Phi) is 4.73. The van der Waals surface area contributed by atoms with Gasteiger partial charge in [0.05, 0.1) is 11.0 Å². The van der Waals surface area contributed by atoms with Gasteiger partial charge in [-0.1, -0.05) is 6.92 Å². The predicted octanol–water partition coefficient (Wildman–Crippen LogP) is 1.67. The molecular weight excluding hydrogens is 271 g/mol.